The summed E-state index contributed by atoms with van der Waals surface area (Å²) >= 11 is 3.93. The summed E-state index contributed by atoms with van der Waals surface area (Å²) in [6.07, 6.45) is 1.12. The van der Waals surface area contributed by atoms with E-state index in [4.69, 9.17) is 4.74 Å². The maximum atomic E-state index is 11.4. The number of hydrogen-bond acceptors (Lipinski definition) is 4. The first kappa shape index (κ1) is 12.6. The molecular weight excluding hydrogens is 228 g/mol. The zero-order chi connectivity index (χ0) is 12.0. The van der Waals surface area contributed by atoms with Crippen molar-refractivity contribution in [2.75, 3.05) is 11.9 Å². The normalized spacial score (nSPS) is 9.88. The molecule has 0 fully saturated rings. The van der Waals surface area contributed by atoms with Gasteiger partial charge < -0.3 is 9.94 Å². The molecule has 88 valence electrons. The van der Waals surface area contributed by atoms with Crippen LogP contribution in [0.15, 0.2) is 23.2 Å². The third kappa shape index (κ3) is 3.62. The Bertz CT molecular complexity index is 371. The summed E-state index contributed by atoms with van der Waals surface area (Å²) in [6.45, 7) is 2.35. The standard InChI is InChI=1S/C10H14N2O3S/c1-2-3-7-15-10(13)11-8-5-4-6-9(16)12(8)14/h4-6,16H,2-3,7H2,1H3,(H,11,13). The Kier molecular flexibility index (Phi) is 4.91. The second kappa shape index (κ2) is 6.22. The third-order valence-electron chi connectivity index (χ3n) is 1.89. The fourth-order valence-electron chi connectivity index (χ4n) is 1.03. The Morgan fingerprint density at radius 1 is 1.62 bits per heavy atom. The highest BCUT2D eigenvalue weighted by Crippen LogP contribution is 2.05. The number of rotatable bonds is 4. The molecule has 0 aliphatic carbocycles. The molecule has 1 aromatic rings. The van der Waals surface area contributed by atoms with Crippen molar-refractivity contribution in [2.45, 2.75) is 24.8 Å². The van der Waals surface area contributed by atoms with E-state index in [2.05, 4.69) is 17.9 Å². The summed E-state index contributed by atoms with van der Waals surface area (Å²) < 4.78 is 5.37. The predicted molar refractivity (Wildman–Crippen MR) is 62.5 cm³/mol. The van der Waals surface area contributed by atoms with Crippen molar-refractivity contribution in [3.05, 3.63) is 23.4 Å². The summed E-state index contributed by atoms with van der Waals surface area (Å²) in [6, 6.07) is 4.63. The fraction of sp³-hybridized carbons (Fsp3) is 0.400. The lowest BCUT2D eigenvalue weighted by molar-refractivity contribution is -0.630. The van der Waals surface area contributed by atoms with Crippen molar-refractivity contribution in [1.82, 2.24) is 0 Å². The van der Waals surface area contributed by atoms with Gasteiger partial charge in [0, 0.05) is 6.07 Å². The zero-order valence-electron chi connectivity index (χ0n) is 8.97. The van der Waals surface area contributed by atoms with E-state index in [9.17, 15) is 10.0 Å². The van der Waals surface area contributed by atoms with Gasteiger partial charge in [0.1, 0.15) is 0 Å². The zero-order valence-corrected chi connectivity index (χ0v) is 9.87. The van der Waals surface area contributed by atoms with Crippen LogP contribution in [0.2, 0.25) is 0 Å². The van der Waals surface area contributed by atoms with E-state index in [1.54, 1.807) is 6.07 Å². The minimum atomic E-state index is -0.628. The number of ether oxygens (including phenoxy) is 1. The van der Waals surface area contributed by atoms with Crippen LogP contribution in [-0.2, 0) is 4.74 Å². The van der Waals surface area contributed by atoms with Crippen LogP contribution in [0.3, 0.4) is 0 Å². The van der Waals surface area contributed by atoms with Crippen molar-refractivity contribution in [1.29, 1.82) is 0 Å². The highest BCUT2D eigenvalue weighted by Gasteiger charge is 2.12. The molecule has 6 heteroatoms. The molecule has 0 bridgehead atoms. The molecule has 0 aromatic carbocycles. The van der Waals surface area contributed by atoms with Gasteiger partial charge in [-0.3, -0.25) is 0 Å². The quantitative estimate of drug-likeness (QED) is 0.367. The Morgan fingerprint density at radius 2 is 2.38 bits per heavy atom. The van der Waals surface area contributed by atoms with Crippen molar-refractivity contribution >= 4 is 24.5 Å². The van der Waals surface area contributed by atoms with Gasteiger partial charge in [0.2, 0.25) is 0 Å². The van der Waals surface area contributed by atoms with Gasteiger partial charge in [0.25, 0.3) is 5.82 Å². The lowest BCUT2D eigenvalue weighted by Crippen LogP contribution is -2.34. The molecule has 1 aromatic heterocycles. The van der Waals surface area contributed by atoms with Crippen LogP contribution in [0.25, 0.3) is 0 Å². The second-order valence-electron chi connectivity index (χ2n) is 3.18. The fourth-order valence-corrected chi connectivity index (χ4v) is 1.22. The number of carbonyl (C=O) groups is 1. The lowest BCUT2D eigenvalue weighted by Gasteiger charge is -2.09. The van der Waals surface area contributed by atoms with E-state index in [1.807, 2.05) is 6.92 Å². The molecule has 0 spiro atoms. The summed E-state index contributed by atoms with van der Waals surface area (Å²) in [5.41, 5.74) is 0. The molecule has 0 saturated heterocycles. The maximum Gasteiger partial charge on any atom is 0.504 e. The number of carbonyl (C=O) groups excluding carboxylic acids is 1. The van der Waals surface area contributed by atoms with Gasteiger partial charge >= 0.3 is 6.09 Å². The minimum Gasteiger partial charge on any atom is -0.710 e. The highest BCUT2D eigenvalue weighted by molar-refractivity contribution is 7.80. The largest absolute Gasteiger partial charge is 0.710 e. The summed E-state index contributed by atoms with van der Waals surface area (Å²) in [5, 5.41) is 14.0. The first-order chi connectivity index (χ1) is 7.65. The number of pyridine rings is 1. The number of anilines is 1. The van der Waals surface area contributed by atoms with Crippen molar-refractivity contribution in [3.8, 4) is 0 Å². The van der Waals surface area contributed by atoms with Gasteiger partial charge in [-0.1, -0.05) is 13.3 Å². The molecule has 16 heavy (non-hydrogen) atoms. The van der Waals surface area contributed by atoms with Crippen LogP contribution in [0.5, 0.6) is 0 Å². The molecule has 0 saturated carbocycles. The van der Waals surface area contributed by atoms with E-state index in [0.717, 1.165) is 12.8 Å². The maximum absolute atomic E-state index is 11.4. The SMILES string of the molecule is CCCCOC(=O)Nc1cccc(S)[n+]1[O-]. The molecule has 0 atom stereocenters. The monoisotopic (exact) mass is 242 g/mol. The van der Waals surface area contributed by atoms with Crippen LogP contribution >= 0.6 is 12.6 Å². The first-order valence-corrected chi connectivity index (χ1v) is 5.45. The molecular formula is C10H14N2O3S. The van der Waals surface area contributed by atoms with Gasteiger partial charge in [0.05, 0.1) is 6.61 Å². The predicted octanol–water partition coefficient (Wildman–Crippen LogP) is 1.96. The lowest BCUT2D eigenvalue weighted by atomic mass is 10.4. The topological polar surface area (TPSA) is 65.3 Å². The number of thiol groups is 1. The van der Waals surface area contributed by atoms with Crippen molar-refractivity contribution in [3.63, 3.8) is 0 Å². The van der Waals surface area contributed by atoms with Gasteiger partial charge in [-0.25, -0.2) is 4.73 Å². The molecule has 0 unspecified atom stereocenters. The van der Waals surface area contributed by atoms with Crippen LogP contribution in [0, 0.1) is 5.21 Å². The van der Waals surface area contributed by atoms with E-state index >= 15 is 0 Å². The number of nitrogens with one attached hydrogen (secondary N) is 1. The van der Waals surface area contributed by atoms with Crippen LogP contribution in [0.4, 0.5) is 10.6 Å². The highest BCUT2D eigenvalue weighted by atomic mass is 32.1. The Morgan fingerprint density at radius 3 is 3.06 bits per heavy atom. The molecule has 1 amide bonds. The third-order valence-corrected chi connectivity index (χ3v) is 2.22. The summed E-state index contributed by atoms with van der Waals surface area (Å²) in [4.78, 5) is 11.2. The minimum absolute atomic E-state index is 0.106. The number of unbranched alkanes of at least 4 members (excludes halogenated alkanes) is 1. The number of nitrogens with zero attached hydrogens (tertiary/aromatic N) is 1. The average molecular weight is 242 g/mol. The van der Waals surface area contributed by atoms with Gasteiger partial charge in [-0.2, -0.15) is 10.1 Å². The van der Waals surface area contributed by atoms with Gasteiger partial charge in [0.15, 0.2) is 5.03 Å². The smallest absolute Gasteiger partial charge is 0.504 e. The van der Waals surface area contributed by atoms with Gasteiger partial charge in [-0.15, -0.1) is 12.6 Å². The first-order valence-electron chi connectivity index (χ1n) is 5.00. The van der Waals surface area contributed by atoms with Crippen LogP contribution in [0.1, 0.15) is 19.8 Å². The van der Waals surface area contributed by atoms with E-state index in [1.165, 1.54) is 12.1 Å². The number of hydrogen-bond donors (Lipinski definition) is 2. The summed E-state index contributed by atoms with van der Waals surface area (Å²) in [5.74, 6) is 0.106. The van der Waals surface area contributed by atoms with E-state index in [-0.39, 0.29) is 10.8 Å². The molecule has 0 aliphatic rings. The Labute approximate surface area is 99.4 Å². The molecule has 0 radical (unpaired) electrons. The molecule has 1 heterocycles. The molecule has 0 aliphatic heterocycles. The van der Waals surface area contributed by atoms with Gasteiger partial charge in [-0.05, 0) is 18.6 Å². The van der Waals surface area contributed by atoms with Crippen molar-refractivity contribution in [2.24, 2.45) is 0 Å². The van der Waals surface area contributed by atoms with E-state index in [0.29, 0.717) is 11.3 Å². The Balaban J connectivity index is 2.53. The summed E-state index contributed by atoms with van der Waals surface area (Å²) in [7, 11) is 0. The van der Waals surface area contributed by atoms with E-state index < -0.39 is 6.09 Å². The van der Waals surface area contributed by atoms with Crippen molar-refractivity contribution < 1.29 is 14.3 Å². The van der Waals surface area contributed by atoms with Crippen LogP contribution in [-0.4, -0.2) is 12.7 Å². The average Bonchev–Trinajstić information content (AvgIpc) is 2.25. The molecule has 1 rings (SSSR count). The molecule has 5 nitrogen and oxygen atoms in total. The number of amides is 1. The van der Waals surface area contributed by atoms with Crippen LogP contribution < -0.4 is 10.0 Å². The number of aromatic nitrogens is 1. The Hall–Kier alpha value is -1.43. The molecule has 1 N–H and O–H groups in total. The second-order valence-corrected chi connectivity index (χ2v) is 3.64.